The Morgan fingerprint density at radius 2 is 2.00 bits per heavy atom. The lowest BCUT2D eigenvalue weighted by atomic mass is 9.46. The number of allylic oxidation sites excluding steroid dienone is 4. The van der Waals surface area contributed by atoms with Gasteiger partial charge in [-0.1, -0.05) is 37.6 Å². The molecule has 0 spiro atoms. The number of ether oxygens (including phenoxy) is 4. The number of aliphatic hydroxyl groups is 2. The quantitative estimate of drug-likeness (QED) is 0.386. The molecule has 0 unspecified atom stereocenters. The number of nitrogen functional groups attached to an aromatic ring is 1. The highest BCUT2D eigenvalue weighted by atomic mass is 16.7. The second kappa shape index (κ2) is 10.8. The van der Waals surface area contributed by atoms with Crippen LogP contribution >= 0.6 is 0 Å². The van der Waals surface area contributed by atoms with Gasteiger partial charge in [0.2, 0.25) is 0 Å². The van der Waals surface area contributed by atoms with E-state index in [0.29, 0.717) is 42.2 Å². The van der Waals surface area contributed by atoms with Gasteiger partial charge in [0.15, 0.2) is 23.5 Å². The van der Waals surface area contributed by atoms with E-state index >= 15 is 0 Å². The fraction of sp³-hybridized carbons (Fsp3) is 0.500. The largest absolute Gasteiger partial charge is 0.496 e. The summed E-state index contributed by atoms with van der Waals surface area (Å²) >= 11 is 0. The lowest BCUT2D eigenvalue weighted by Gasteiger charge is -2.59. The molecule has 4 aliphatic carbocycles. The minimum absolute atomic E-state index is 0.00613. The van der Waals surface area contributed by atoms with Crippen LogP contribution in [-0.2, 0) is 25.7 Å². The van der Waals surface area contributed by atoms with Crippen LogP contribution in [0.2, 0.25) is 0 Å². The van der Waals surface area contributed by atoms with Crippen molar-refractivity contribution in [2.24, 2.45) is 28.6 Å². The first-order valence-corrected chi connectivity index (χ1v) is 15.8. The Balaban J connectivity index is 1.20. The van der Waals surface area contributed by atoms with Crippen molar-refractivity contribution in [2.75, 3.05) is 19.5 Å². The van der Waals surface area contributed by atoms with Crippen LogP contribution in [0.5, 0.6) is 11.5 Å². The number of hydrogen-bond acceptors (Lipinski definition) is 9. The fourth-order valence-corrected chi connectivity index (χ4v) is 9.66. The number of fused-ring (bicyclic) bond motifs is 7. The SMILES string of the molecule is COc1ccc(OCc2cccc(N)c2)cc1[C@H]1O[C@@H]2C[C@H]3[C@@H]4CCC5=CC(=O)C=C[C@]5(C)[C@H]4[C@@H](O)C[C@]3(C)[C@]2(C(=O)CO)O1. The van der Waals surface area contributed by atoms with E-state index in [1.165, 1.54) is 0 Å². The van der Waals surface area contributed by atoms with Crippen LogP contribution in [0, 0.1) is 28.6 Å². The number of nitrogens with two attached hydrogens (primary N) is 1. The van der Waals surface area contributed by atoms with Crippen molar-refractivity contribution in [1.82, 2.24) is 0 Å². The topological polar surface area (TPSA) is 138 Å². The molecule has 0 aromatic heterocycles. The van der Waals surface area contributed by atoms with E-state index in [9.17, 15) is 19.8 Å². The molecule has 0 radical (unpaired) electrons. The summed E-state index contributed by atoms with van der Waals surface area (Å²) in [5.41, 5.74) is 6.45. The van der Waals surface area contributed by atoms with Crippen molar-refractivity contribution in [3.05, 3.63) is 77.4 Å². The predicted octanol–water partition coefficient (Wildman–Crippen LogP) is 4.46. The highest BCUT2D eigenvalue weighted by Crippen LogP contribution is 2.70. The average molecular weight is 616 g/mol. The minimum Gasteiger partial charge on any atom is -0.496 e. The molecule has 3 saturated carbocycles. The molecule has 4 fully saturated rings. The maximum atomic E-state index is 13.9. The molecular weight excluding hydrogens is 574 g/mol. The lowest BCUT2D eigenvalue weighted by Crippen LogP contribution is -2.63. The Morgan fingerprint density at radius 1 is 1.18 bits per heavy atom. The lowest BCUT2D eigenvalue weighted by molar-refractivity contribution is -0.201. The van der Waals surface area contributed by atoms with Crippen molar-refractivity contribution < 1.29 is 38.7 Å². The molecule has 4 N–H and O–H groups in total. The number of ketones is 2. The third kappa shape index (κ3) is 4.42. The van der Waals surface area contributed by atoms with Crippen LogP contribution in [0.3, 0.4) is 0 Å². The number of anilines is 1. The number of carbonyl (C=O) groups is 2. The molecule has 2 aromatic carbocycles. The zero-order valence-corrected chi connectivity index (χ0v) is 25.9. The summed E-state index contributed by atoms with van der Waals surface area (Å²) in [6.45, 7) is 3.74. The monoisotopic (exact) mass is 615 g/mol. The highest BCUT2D eigenvalue weighted by molar-refractivity contribution is 6.01. The van der Waals surface area contributed by atoms with E-state index in [0.717, 1.165) is 24.0 Å². The van der Waals surface area contributed by atoms with Crippen LogP contribution in [0.1, 0.15) is 56.9 Å². The maximum absolute atomic E-state index is 13.9. The number of methoxy groups -OCH3 is 1. The normalized spacial score (nSPS) is 38.1. The Hall–Kier alpha value is -3.50. The predicted molar refractivity (Wildman–Crippen MR) is 165 cm³/mol. The van der Waals surface area contributed by atoms with Crippen LogP contribution in [-0.4, -0.2) is 53.3 Å². The number of hydrogen-bond donors (Lipinski definition) is 3. The Bertz CT molecular complexity index is 1600. The first-order valence-electron chi connectivity index (χ1n) is 15.8. The molecule has 0 amide bonds. The van der Waals surface area contributed by atoms with E-state index in [1.54, 1.807) is 37.5 Å². The zero-order chi connectivity index (χ0) is 31.7. The molecule has 9 nitrogen and oxygen atoms in total. The molecule has 238 valence electrons. The third-order valence-electron chi connectivity index (χ3n) is 11.6. The number of benzene rings is 2. The van der Waals surface area contributed by atoms with Gasteiger partial charge in [0.25, 0.3) is 0 Å². The van der Waals surface area contributed by atoms with Gasteiger partial charge in [0.1, 0.15) is 24.7 Å². The van der Waals surface area contributed by atoms with Gasteiger partial charge in [0, 0.05) is 22.4 Å². The molecule has 5 aliphatic rings. The first-order chi connectivity index (χ1) is 21.5. The molecule has 1 aliphatic heterocycles. The number of carbonyl (C=O) groups excluding carboxylic acids is 2. The molecule has 7 rings (SSSR count). The summed E-state index contributed by atoms with van der Waals surface area (Å²) in [7, 11) is 1.56. The fourth-order valence-electron chi connectivity index (χ4n) is 9.66. The zero-order valence-electron chi connectivity index (χ0n) is 25.9. The second-order valence-electron chi connectivity index (χ2n) is 13.8. The summed E-state index contributed by atoms with van der Waals surface area (Å²) in [6.07, 6.45) is 5.40. The smallest absolute Gasteiger partial charge is 0.193 e. The van der Waals surface area contributed by atoms with Gasteiger partial charge < -0.3 is 34.9 Å². The van der Waals surface area contributed by atoms with Crippen molar-refractivity contribution in [3.8, 4) is 11.5 Å². The molecule has 2 aromatic rings. The summed E-state index contributed by atoms with van der Waals surface area (Å²) in [5.74, 6) is 0.615. The Morgan fingerprint density at radius 3 is 2.76 bits per heavy atom. The molecule has 1 saturated heterocycles. The van der Waals surface area contributed by atoms with Gasteiger partial charge in [-0.2, -0.15) is 0 Å². The van der Waals surface area contributed by atoms with Gasteiger partial charge in [-0.15, -0.1) is 0 Å². The molecule has 45 heavy (non-hydrogen) atoms. The highest BCUT2D eigenvalue weighted by Gasteiger charge is 2.76. The van der Waals surface area contributed by atoms with E-state index in [-0.39, 0.29) is 23.5 Å². The molecular formula is C36H41NO8. The van der Waals surface area contributed by atoms with Gasteiger partial charge in [-0.05, 0) is 85.6 Å². The summed E-state index contributed by atoms with van der Waals surface area (Å²) in [5, 5.41) is 22.2. The molecule has 0 bridgehead atoms. The number of rotatable bonds is 7. The van der Waals surface area contributed by atoms with Crippen LogP contribution < -0.4 is 15.2 Å². The number of aliphatic hydroxyl groups excluding tert-OH is 2. The molecule has 9 heteroatoms. The summed E-state index contributed by atoms with van der Waals surface area (Å²) in [4.78, 5) is 26.1. The standard InChI is InChI=1S/C36H41NO8/c1-34-12-11-23(39)14-21(34)7-9-25-27-16-31-36(30(41)18-38,35(27,2)17-28(40)32(25)34)45-33(44-31)26-15-24(8-10-29(26)42-3)43-19-20-5-4-6-22(37)13-20/h4-6,8,10-15,25,27-28,31-33,38,40H,7,9,16-19,37H2,1-3H3/t25-,27-,28-,31+,32+,33-,34-,35-,36+/m0/s1. The van der Waals surface area contributed by atoms with Crippen molar-refractivity contribution in [1.29, 1.82) is 0 Å². The van der Waals surface area contributed by atoms with Crippen molar-refractivity contribution >= 4 is 17.3 Å². The average Bonchev–Trinajstić information content (AvgIpc) is 3.52. The van der Waals surface area contributed by atoms with Crippen molar-refractivity contribution in [2.45, 2.75) is 70.2 Å². The second-order valence-corrected chi connectivity index (χ2v) is 13.8. The van der Waals surface area contributed by atoms with Gasteiger partial charge in [-0.25, -0.2) is 0 Å². The van der Waals surface area contributed by atoms with E-state index < -0.39 is 47.3 Å². The van der Waals surface area contributed by atoms with Gasteiger partial charge in [0.05, 0.1) is 24.9 Å². The summed E-state index contributed by atoms with van der Waals surface area (Å²) in [6, 6.07) is 12.9. The molecule has 9 atom stereocenters. The van der Waals surface area contributed by atoms with Crippen LogP contribution in [0.15, 0.2) is 66.3 Å². The Kier molecular flexibility index (Phi) is 7.24. The van der Waals surface area contributed by atoms with E-state index in [1.807, 2.05) is 37.3 Å². The third-order valence-corrected chi connectivity index (χ3v) is 11.6. The van der Waals surface area contributed by atoms with Crippen LogP contribution in [0.4, 0.5) is 5.69 Å². The number of Topliss-reactive ketones (excluding diaryl/α,β-unsaturated/α-hetero) is 1. The van der Waals surface area contributed by atoms with E-state index in [2.05, 4.69) is 6.92 Å². The van der Waals surface area contributed by atoms with Crippen LogP contribution in [0.25, 0.3) is 0 Å². The van der Waals surface area contributed by atoms with Crippen molar-refractivity contribution in [3.63, 3.8) is 0 Å². The van der Waals surface area contributed by atoms with Gasteiger partial charge >= 0.3 is 0 Å². The first kappa shape index (κ1) is 30.2. The van der Waals surface area contributed by atoms with Gasteiger partial charge in [-0.3, -0.25) is 9.59 Å². The maximum Gasteiger partial charge on any atom is 0.193 e. The summed E-state index contributed by atoms with van der Waals surface area (Å²) < 4.78 is 25.2. The van der Waals surface area contributed by atoms with E-state index in [4.69, 9.17) is 24.7 Å². The minimum atomic E-state index is -1.46. The Labute approximate surface area is 263 Å². The molecule has 1 heterocycles.